The van der Waals surface area contributed by atoms with Gasteiger partial charge in [-0.25, -0.2) is 12.7 Å². The molecule has 150 valence electrons. The number of anilines is 2. The average molecular weight is 418 g/mol. The number of hydrogen-bond acceptors (Lipinski definition) is 4. The Labute approximate surface area is 174 Å². The molecule has 0 saturated carbocycles. The molecule has 0 N–H and O–H groups in total. The van der Waals surface area contributed by atoms with Crippen molar-refractivity contribution >= 4 is 33.2 Å². The second-order valence-corrected chi connectivity index (χ2v) is 9.13. The molecule has 7 heteroatoms. The average Bonchev–Trinajstić information content (AvgIpc) is 2.88. The van der Waals surface area contributed by atoms with Crippen LogP contribution in [0, 0.1) is 0 Å². The number of amides is 2. The van der Waals surface area contributed by atoms with E-state index in [0.717, 1.165) is 24.0 Å². The number of aryl methyl sites for hydroxylation is 2. The Morgan fingerprint density at radius 3 is 1.93 bits per heavy atom. The molecule has 30 heavy (non-hydrogen) atoms. The maximum absolute atomic E-state index is 13.5. The number of carbonyl (C=O) groups excluding carboxylic acids is 2. The van der Waals surface area contributed by atoms with Gasteiger partial charge in [0, 0.05) is 0 Å². The molecule has 3 aromatic carbocycles. The summed E-state index contributed by atoms with van der Waals surface area (Å²) in [6.45, 7) is -0.557. The predicted octanol–water partition coefficient (Wildman–Crippen LogP) is 3.29. The van der Waals surface area contributed by atoms with E-state index in [1.54, 1.807) is 17.0 Å². The van der Waals surface area contributed by atoms with Crippen LogP contribution in [0.4, 0.5) is 11.4 Å². The zero-order valence-corrected chi connectivity index (χ0v) is 16.8. The van der Waals surface area contributed by atoms with E-state index in [9.17, 15) is 18.0 Å². The number of benzene rings is 3. The monoisotopic (exact) mass is 418 g/mol. The molecule has 5 rings (SSSR count). The lowest BCUT2D eigenvalue weighted by Crippen LogP contribution is -2.41. The van der Waals surface area contributed by atoms with Crippen LogP contribution >= 0.6 is 0 Å². The third-order valence-corrected chi connectivity index (χ3v) is 7.36. The first-order chi connectivity index (χ1) is 14.5. The van der Waals surface area contributed by atoms with E-state index in [-0.39, 0.29) is 10.5 Å². The van der Waals surface area contributed by atoms with Crippen molar-refractivity contribution in [2.75, 3.05) is 11.4 Å². The predicted molar refractivity (Wildman–Crippen MR) is 112 cm³/mol. The maximum atomic E-state index is 13.5. The van der Waals surface area contributed by atoms with Crippen molar-refractivity contribution in [1.29, 1.82) is 0 Å². The molecule has 0 bridgehead atoms. The van der Waals surface area contributed by atoms with Gasteiger partial charge in [-0.1, -0.05) is 48.5 Å². The molecule has 2 aliphatic rings. The van der Waals surface area contributed by atoms with Crippen LogP contribution in [0.15, 0.2) is 77.7 Å². The van der Waals surface area contributed by atoms with E-state index in [0.29, 0.717) is 15.7 Å². The lowest BCUT2D eigenvalue weighted by Gasteiger charge is -2.26. The molecule has 0 aromatic heterocycles. The van der Waals surface area contributed by atoms with Crippen LogP contribution in [-0.2, 0) is 27.7 Å². The largest absolute Gasteiger partial charge is 0.279 e. The number of para-hydroxylation sites is 2. The summed E-state index contributed by atoms with van der Waals surface area (Å²) in [5.41, 5.74) is 3.53. The van der Waals surface area contributed by atoms with Gasteiger partial charge in [0.2, 0.25) is 0 Å². The number of sulfonamides is 1. The molecule has 6 nitrogen and oxygen atoms in total. The Kier molecular flexibility index (Phi) is 4.22. The highest BCUT2D eigenvalue weighted by atomic mass is 32.2. The van der Waals surface area contributed by atoms with Crippen LogP contribution in [0.5, 0.6) is 0 Å². The van der Waals surface area contributed by atoms with Gasteiger partial charge < -0.3 is 0 Å². The van der Waals surface area contributed by atoms with Crippen molar-refractivity contribution in [1.82, 2.24) is 4.31 Å². The molecule has 0 saturated heterocycles. The highest BCUT2D eigenvalue weighted by Crippen LogP contribution is 2.37. The van der Waals surface area contributed by atoms with Gasteiger partial charge in [0.25, 0.3) is 21.8 Å². The number of carbonyl (C=O) groups is 2. The molecule has 0 aliphatic carbocycles. The fraction of sp³-hybridized carbons (Fsp3) is 0.130. The zero-order valence-electron chi connectivity index (χ0n) is 16.0. The second-order valence-electron chi connectivity index (χ2n) is 7.30. The van der Waals surface area contributed by atoms with Crippen molar-refractivity contribution in [3.05, 3.63) is 89.5 Å². The fourth-order valence-corrected chi connectivity index (χ4v) is 5.65. The molecular weight excluding hydrogens is 400 g/mol. The Balaban J connectivity index is 1.57. The highest BCUT2D eigenvalue weighted by Gasteiger charge is 2.43. The number of hydrogen-bond donors (Lipinski definition) is 0. The smallest absolute Gasteiger partial charge is 0.269 e. The van der Waals surface area contributed by atoms with Crippen molar-refractivity contribution in [3.63, 3.8) is 0 Å². The van der Waals surface area contributed by atoms with Gasteiger partial charge in [-0.15, -0.1) is 0 Å². The molecule has 2 heterocycles. The van der Waals surface area contributed by atoms with Crippen LogP contribution in [-0.4, -0.2) is 31.1 Å². The summed E-state index contributed by atoms with van der Waals surface area (Å²) in [5.74, 6) is -1.14. The summed E-state index contributed by atoms with van der Waals surface area (Å²) < 4.78 is 26.5. The normalized spacial score (nSPS) is 16.5. The minimum absolute atomic E-state index is 0.0560. The highest BCUT2D eigenvalue weighted by molar-refractivity contribution is 7.90. The second kappa shape index (κ2) is 6.81. The van der Waals surface area contributed by atoms with E-state index >= 15 is 0 Å². The van der Waals surface area contributed by atoms with Crippen molar-refractivity contribution in [2.24, 2.45) is 0 Å². The molecule has 0 unspecified atom stereocenters. The first-order valence-electron chi connectivity index (χ1n) is 9.63. The molecule has 2 amide bonds. The summed E-state index contributed by atoms with van der Waals surface area (Å²) in [6, 6.07) is 21.2. The molecule has 0 atom stereocenters. The van der Waals surface area contributed by atoms with E-state index in [4.69, 9.17) is 0 Å². The van der Waals surface area contributed by atoms with Crippen LogP contribution < -0.4 is 4.90 Å². The van der Waals surface area contributed by atoms with Gasteiger partial charge in [-0.2, -0.15) is 0 Å². The minimum atomic E-state index is -4.06. The van der Waals surface area contributed by atoms with Crippen molar-refractivity contribution in [2.45, 2.75) is 17.7 Å². The fourth-order valence-electron chi connectivity index (χ4n) is 4.13. The Bertz CT molecular complexity index is 1250. The summed E-state index contributed by atoms with van der Waals surface area (Å²) >= 11 is 0. The van der Waals surface area contributed by atoms with E-state index < -0.39 is 28.4 Å². The molecular formula is C23H18N2O4S. The quantitative estimate of drug-likeness (QED) is 0.640. The molecule has 0 spiro atoms. The van der Waals surface area contributed by atoms with Crippen LogP contribution in [0.3, 0.4) is 0 Å². The third kappa shape index (κ3) is 2.74. The summed E-state index contributed by atoms with van der Waals surface area (Å²) in [5, 5.41) is 0. The molecule has 3 aromatic rings. The van der Waals surface area contributed by atoms with E-state index in [1.807, 2.05) is 48.5 Å². The van der Waals surface area contributed by atoms with Gasteiger partial charge in [0.1, 0.15) is 11.4 Å². The number of nitrogens with zero attached hydrogens (tertiary/aromatic N) is 2. The molecule has 0 radical (unpaired) electrons. The van der Waals surface area contributed by atoms with Crippen LogP contribution in [0.2, 0.25) is 0 Å². The summed E-state index contributed by atoms with van der Waals surface area (Å²) in [7, 11) is -4.06. The van der Waals surface area contributed by atoms with Gasteiger partial charge in [0.15, 0.2) is 0 Å². The lowest BCUT2D eigenvalue weighted by molar-refractivity contribution is -0.117. The minimum Gasteiger partial charge on any atom is -0.279 e. The molecule has 0 fully saturated rings. The lowest BCUT2D eigenvalue weighted by atomic mass is 10.0. The zero-order chi connectivity index (χ0) is 20.9. The van der Waals surface area contributed by atoms with Gasteiger partial charge in [0.05, 0.1) is 16.9 Å². The van der Waals surface area contributed by atoms with Crippen molar-refractivity contribution in [3.8, 4) is 0 Å². The van der Waals surface area contributed by atoms with Crippen LogP contribution in [0.25, 0.3) is 0 Å². The van der Waals surface area contributed by atoms with E-state index in [1.165, 1.54) is 12.1 Å². The SMILES string of the molecule is O=C(CN1C(=O)c2ccccc2S1(=O)=O)N1c2ccccc2CCc2ccccc21. The van der Waals surface area contributed by atoms with E-state index in [2.05, 4.69) is 0 Å². The van der Waals surface area contributed by atoms with Gasteiger partial charge in [-0.05, 0) is 48.2 Å². The summed E-state index contributed by atoms with van der Waals surface area (Å²) in [6.07, 6.45) is 1.53. The number of fused-ring (bicyclic) bond motifs is 3. The number of rotatable bonds is 2. The standard InChI is InChI=1S/C23H18N2O4S/c26-22(15-24-23(27)18-9-3-6-12-21(18)30(24,28)29)25-19-10-4-1-7-16(19)13-14-17-8-2-5-11-20(17)25/h1-12H,13-15H2. The Morgan fingerprint density at radius 2 is 1.33 bits per heavy atom. The van der Waals surface area contributed by atoms with Gasteiger partial charge >= 0.3 is 0 Å². The van der Waals surface area contributed by atoms with Gasteiger partial charge in [-0.3, -0.25) is 14.5 Å². The first-order valence-corrected chi connectivity index (χ1v) is 11.1. The Morgan fingerprint density at radius 1 is 0.800 bits per heavy atom. The van der Waals surface area contributed by atoms with Crippen LogP contribution in [0.1, 0.15) is 21.5 Å². The third-order valence-electron chi connectivity index (χ3n) is 5.57. The molecule has 2 aliphatic heterocycles. The topological polar surface area (TPSA) is 74.8 Å². The summed E-state index contributed by atoms with van der Waals surface area (Å²) in [4.78, 5) is 27.7. The van der Waals surface area contributed by atoms with Crippen molar-refractivity contribution < 1.29 is 18.0 Å². The maximum Gasteiger partial charge on any atom is 0.269 e. The Hall–Kier alpha value is -3.45. The first kappa shape index (κ1) is 18.6.